The number of aryl methyl sites for hydroxylation is 2. The van der Waals surface area contributed by atoms with E-state index in [-0.39, 0.29) is 5.91 Å². The molecular formula is C19H26N4O2. The van der Waals surface area contributed by atoms with Crippen LogP contribution in [0.4, 0.5) is 0 Å². The van der Waals surface area contributed by atoms with Gasteiger partial charge in [-0.2, -0.15) is 0 Å². The minimum atomic E-state index is 0.103. The van der Waals surface area contributed by atoms with Gasteiger partial charge in [-0.05, 0) is 52.5 Å². The molecule has 2 atom stereocenters. The van der Waals surface area contributed by atoms with E-state index in [9.17, 15) is 4.79 Å². The molecule has 4 rings (SSSR count). The van der Waals surface area contributed by atoms with Gasteiger partial charge in [-0.1, -0.05) is 5.16 Å². The number of hydrogen-bond donors (Lipinski definition) is 1. The van der Waals surface area contributed by atoms with E-state index < -0.39 is 0 Å². The second-order valence-electron chi connectivity index (χ2n) is 7.60. The van der Waals surface area contributed by atoms with E-state index >= 15 is 0 Å². The molecule has 0 saturated carbocycles. The van der Waals surface area contributed by atoms with Crippen LogP contribution in [0, 0.1) is 20.8 Å². The van der Waals surface area contributed by atoms with Crippen molar-refractivity contribution in [3.8, 4) is 5.82 Å². The van der Waals surface area contributed by atoms with Crippen molar-refractivity contribution in [2.45, 2.75) is 64.6 Å². The van der Waals surface area contributed by atoms with Gasteiger partial charge in [0.1, 0.15) is 5.76 Å². The van der Waals surface area contributed by atoms with Gasteiger partial charge in [-0.25, -0.2) is 0 Å². The summed E-state index contributed by atoms with van der Waals surface area (Å²) in [6.07, 6.45) is 4.59. The number of carbonyl (C=O) groups excluding carboxylic acids is 1. The molecule has 2 aliphatic rings. The van der Waals surface area contributed by atoms with Crippen LogP contribution in [0.25, 0.3) is 5.82 Å². The third-order valence-electron chi connectivity index (χ3n) is 5.82. The highest BCUT2D eigenvalue weighted by Crippen LogP contribution is 2.30. The first-order chi connectivity index (χ1) is 11.9. The molecule has 0 aromatic carbocycles. The minimum Gasteiger partial charge on any atom is -0.360 e. The van der Waals surface area contributed by atoms with Crippen molar-refractivity contribution in [2.75, 3.05) is 7.05 Å². The fourth-order valence-electron chi connectivity index (χ4n) is 4.49. The summed E-state index contributed by atoms with van der Waals surface area (Å²) < 4.78 is 7.19. The van der Waals surface area contributed by atoms with Gasteiger partial charge in [0.05, 0.1) is 5.56 Å². The van der Waals surface area contributed by atoms with Gasteiger partial charge in [0.25, 0.3) is 5.91 Å². The Morgan fingerprint density at radius 3 is 2.52 bits per heavy atom. The Hall–Kier alpha value is -2.08. The molecule has 0 radical (unpaired) electrons. The van der Waals surface area contributed by atoms with Crippen LogP contribution in [-0.2, 0) is 0 Å². The first kappa shape index (κ1) is 16.4. The van der Waals surface area contributed by atoms with E-state index in [0.29, 0.717) is 18.1 Å². The van der Waals surface area contributed by atoms with Crippen molar-refractivity contribution in [2.24, 2.45) is 0 Å². The van der Waals surface area contributed by atoms with Gasteiger partial charge in [-0.15, -0.1) is 0 Å². The quantitative estimate of drug-likeness (QED) is 0.932. The summed E-state index contributed by atoms with van der Waals surface area (Å²) in [6.45, 7) is 5.85. The molecule has 25 heavy (non-hydrogen) atoms. The number of nitrogens with one attached hydrogen (secondary N) is 1. The topological polar surface area (TPSA) is 63.3 Å². The predicted octanol–water partition coefficient (Wildman–Crippen LogP) is 2.75. The lowest BCUT2D eigenvalue weighted by molar-refractivity contribution is 0.0681. The molecule has 134 valence electrons. The number of hydrogen-bond acceptors (Lipinski definition) is 4. The predicted molar refractivity (Wildman–Crippen MR) is 95.1 cm³/mol. The highest BCUT2D eigenvalue weighted by atomic mass is 16.5. The zero-order chi connectivity index (χ0) is 17.7. The third-order valence-corrected chi connectivity index (χ3v) is 5.82. The van der Waals surface area contributed by atoms with E-state index in [4.69, 9.17) is 4.52 Å². The van der Waals surface area contributed by atoms with Gasteiger partial charge in [0.2, 0.25) is 0 Å². The zero-order valence-electron chi connectivity index (χ0n) is 15.4. The fourth-order valence-corrected chi connectivity index (χ4v) is 4.49. The standard InChI is InChI=1S/C19H26N4O2/c1-11-7-17(13(3)23(11)18-8-12(2)25-21-18)19(24)22(4)16-9-14-5-6-15(10-16)20-14/h7-8,14-16,20H,5-6,9-10H2,1-4H3. The van der Waals surface area contributed by atoms with E-state index in [1.54, 1.807) is 0 Å². The molecule has 0 spiro atoms. The molecule has 6 heteroatoms. The smallest absolute Gasteiger partial charge is 0.255 e. The Bertz CT molecular complexity index is 794. The highest BCUT2D eigenvalue weighted by molar-refractivity contribution is 5.96. The molecule has 1 amide bonds. The van der Waals surface area contributed by atoms with Gasteiger partial charge in [0.15, 0.2) is 5.82 Å². The molecule has 2 fully saturated rings. The normalized spacial score (nSPS) is 25.4. The molecule has 0 aliphatic carbocycles. The van der Waals surface area contributed by atoms with Crippen molar-refractivity contribution in [1.82, 2.24) is 19.9 Å². The van der Waals surface area contributed by atoms with Crippen LogP contribution in [0.2, 0.25) is 0 Å². The van der Waals surface area contributed by atoms with Crippen LogP contribution < -0.4 is 5.32 Å². The second-order valence-corrected chi connectivity index (χ2v) is 7.60. The van der Waals surface area contributed by atoms with Gasteiger partial charge < -0.3 is 14.7 Å². The number of nitrogens with zero attached hydrogens (tertiary/aromatic N) is 3. The Morgan fingerprint density at radius 1 is 1.24 bits per heavy atom. The first-order valence-corrected chi connectivity index (χ1v) is 9.10. The molecule has 2 bridgehead atoms. The Morgan fingerprint density at radius 2 is 1.92 bits per heavy atom. The summed E-state index contributed by atoms with van der Waals surface area (Å²) in [5.41, 5.74) is 2.67. The van der Waals surface area contributed by atoms with E-state index in [0.717, 1.165) is 41.4 Å². The summed E-state index contributed by atoms with van der Waals surface area (Å²) in [5.74, 6) is 1.60. The van der Waals surface area contributed by atoms with E-state index in [1.165, 1.54) is 12.8 Å². The summed E-state index contributed by atoms with van der Waals surface area (Å²) in [4.78, 5) is 15.1. The van der Waals surface area contributed by atoms with E-state index in [1.807, 2.05) is 49.4 Å². The number of rotatable bonds is 3. The summed E-state index contributed by atoms with van der Waals surface area (Å²) in [6, 6.07) is 5.33. The molecule has 4 heterocycles. The van der Waals surface area contributed by atoms with Gasteiger partial charge in [0, 0.05) is 42.6 Å². The van der Waals surface area contributed by atoms with Crippen molar-refractivity contribution in [3.05, 3.63) is 34.8 Å². The average Bonchev–Trinajstić information content (AvgIpc) is 3.24. The average molecular weight is 342 g/mol. The van der Waals surface area contributed by atoms with Gasteiger partial charge >= 0.3 is 0 Å². The largest absolute Gasteiger partial charge is 0.360 e. The summed E-state index contributed by atoms with van der Waals surface area (Å²) in [7, 11) is 1.95. The van der Waals surface area contributed by atoms with Crippen molar-refractivity contribution >= 4 is 5.91 Å². The minimum absolute atomic E-state index is 0.103. The molecule has 2 unspecified atom stereocenters. The maximum atomic E-state index is 13.1. The number of fused-ring (bicyclic) bond motifs is 2. The molecular weight excluding hydrogens is 316 g/mol. The van der Waals surface area contributed by atoms with Crippen molar-refractivity contribution < 1.29 is 9.32 Å². The number of carbonyl (C=O) groups is 1. The maximum Gasteiger partial charge on any atom is 0.255 e. The van der Waals surface area contributed by atoms with E-state index in [2.05, 4.69) is 10.5 Å². The lowest BCUT2D eigenvalue weighted by Gasteiger charge is -2.35. The maximum absolute atomic E-state index is 13.1. The summed E-state index contributed by atoms with van der Waals surface area (Å²) in [5, 5.41) is 7.74. The van der Waals surface area contributed by atoms with Crippen LogP contribution in [0.5, 0.6) is 0 Å². The second kappa shape index (κ2) is 6.02. The number of amides is 1. The van der Waals surface area contributed by atoms with Crippen LogP contribution in [-0.4, -0.2) is 45.7 Å². The Kier molecular flexibility index (Phi) is 3.95. The monoisotopic (exact) mass is 342 g/mol. The van der Waals surface area contributed by atoms with Crippen LogP contribution in [0.3, 0.4) is 0 Å². The fraction of sp³-hybridized carbons (Fsp3) is 0.579. The highest BCUT2D eigenvalue weighted by Gasteiger charge is 2.37. The molecule has 2 aliphatic heterocycles. The molecule has 1 N–H and O–H groups in total. The van der Waals surface area contributed by atoms with Gasteiger partial charge in [-0.3, -0.25) is 9.36 Å². The number of aromatic nitrogens is 2. The van der Waals surface area contributed by atoms with Crippen molar-refractivity contribution in [1.29, 1.82) is 0 Å². The van der Waals surface area contributed by atoms with Crippen LogP contribution in [0.1, 0.15) is 53.2 Å². The lowest BCUT2D eigenvalue weighted by Crippen LogP contribution is -2.48. The SMILES string of the molecule is Cc1cc(-n2c(C)cc(C(=O)N(C)C3CC4CCC(C3)N4)c2C)no1. The summed E-state index contributed by atoms with van der Waals surface area (Å²) >= 11 is 0. The first-order valence-electron chi connectivity index (χ1n) is 9.10. The van der Waals surface area contributed by atoms with Crippen LogP contribution in [0.15, 0.2) is 16.7 Å². The lowest BCUT2D eigenvalue weighted by atomic mass is 9.98. The Balaban J connectivity index is 1.60. The molecule has 2 aromatic heterocycles. The Labute approximate surface area is 148 Å². The number of piperidine rings is 1. The van der Waals surface area contributed by atoms with Crippen molar-refractivity contribution in [3.63, 3.8) is 0 Å². The zero-order valence-corrected chi connectivity index (χ0v) is 15.4. The molecule has 2 saturated heterocycles. The third kappa shape index (κ3) is 2.78. The molecule has 2 aromatic rings. The molecule has 6 nitrogen and oxygen atoms in total. The van der Waals surface area contributed by atoms with Crippen LogP contribution >= 0.6 is 0 Å².